The maximum absolute atomic E-state index is 11.8. The molecule has 6 heteroatoms. The predicted octanol–water partition coefficient (Wildman–Crippen LogP) is 0.515. The fourth-order valence-corrected chi connectivity index (χ4v) is 1.90. The van der Waals surface area contributed by atoms with E-state index in [1.165, 1.54) is 0 Å². The molecule has 0 spiro atoms. The molecule has 0 aromatic heterocycles. The fourth-order valence-electron chi connectivity index (χ4n) is 1.90. The molecule has 0 aromatic carbocycles. The van der Waals surface area contributed by atoms with E-state index in [2.05, 4.69) is 9.98 Å². The number of amidine groups is 1. The SMILES string of the molecule is CN(CCC(=O)O)CC1=NC(=O)C2C=CC=CC2=N1. The van der Waals surface area contributed by atoms with Crippen LogP contribution in [0.15, 0.2) is 34.3 Å². The van der Waals surface area contributed by atoms with Gasteiger partial charge in [-0.2, -0.15) is 4.99 Å². The van der Waals surface area contributed by atoms with Gasteiger partial charge in [0.25, 0.3) is 5.91 Å². The number of fused-ring (bicyclic) bond motifs is 1. The van der Waals surface area contributed by atoms with Crippen LogP contribution in [0.5, 0.6) is 0 Å². The van der Waals surface area contributed by atoms with Gasteiger partial charge in [0, 0.05) is 6.54 Å². The number of carbonyl (C=O) groups is 2. The number of aliphatic imine (C=N–C) groups is 2. The molecule has 1 atom stereocenters. The van der Waals surface area contributed by atoms with Gasteiger partial charge in [-0.1, -0.05) is 18.2 Å². The van der Waals surface area contributed by atoms with Crippen molar-refractivity contribution in [2.75, 3.05) is 20.1 Å². The summed E-state index contributed by atoms with van der Waals surface area (Å²) in [5.41, 5.74) is 0.698. The van der Waals surface area contributed by atoms with Crippen LogP contribution in [0.1, 0.15) is 6.42 Å². The minimum atomic E-state index is -0.847. The zero-order valence-electron chi connectivity index (χ0n) is 10.6. The number of hydrogen-bond acceptors (Lipinski definition) is 4. The van der Waals surface area contributed by atoms with Crippen molar-refractivity contribution in [1.82, 2.24) is 4.90 Å². The van der Waals surface area contributed by atoms with Gasteiger partial charge in [0.1, 0.15) is 11.8 Å². The fraction of sp³-hybridized carbons (Fsp3) is 0.385. The second-order valence-corrected chi connectivity index (χ2v) is 4.51. The first-order valence-corrected chi connectivity index (χ1v) is 6.01. The third kappa shape index (κ3) is 3.45. The van der Waals surface area contributed by atoms with Gasteiger partial charge in [-0.3, -0.25) is 14.5 Å². The van der Waals surface area contributed by atoms with Crippen molar-refractivity contribution in [3.63, 3.8) is 0 Å². The van der Waals surface area contributed by atoms with Crippen LogP contribution in [0, 0.1) is 5.92 Å². The van der Waals surface area contributed by atoms with Gasteiger partial charge in [-0.25, -0.2) is 4.99 Å². The lowest BCUT2D eigenvalue weighted by molar-refractivity contribution is -0.137. The zero-order valence-corrected chi connectivity index (χ0v) is 10.6. The highest BCUT2D eigenvalue weighted by Gasteiger charge is 2.26. The minimum Gasteiger partial charge on any atom is -0.481 e. The first kappa shape index (κ1) is 13.4. The summed E-state index contributed by atoms with van der Waals surface area (Å²) >= 11 is 0. The Morgan fingerprint density at radius 2 is 2.21 bits per heavy atom. The number of allylic oxidation sites excluding steroid dienone is 3. The van der Waals surface area contributed by atoms with Gasteiger partial charge >= 0.3 is 5.97 Å². The second kappa shape index (κ2) is 5.71. The van der Waals surface area contributed by atoms with Crippen LogP contribution in [0.2, 0.25) is 0 Å². The van der Waals surface area contributed by atoms with Crippen molar-refractivity contribution in [3.8, 4) is 0 Å². The number of rotatable bonds is 5. The Labute approximate surface area is 110 Å². The lowest BCUT2D eigenvalue weighted by Gasteiger charge is -2.20. The van der Waals surface area contributed by atoms with Gasteiger partial charge in [0.2, 0.25) is 0 Å². The Kier molecular flexibility index (Phi) is 4.01. The van der Waals surface area contributed by atoms with Crippen molar-refractivity contribution >= 4 is 23.4 Å². The third-order valence-electron chi connectivity index (χ3n) is 2.88. The van der Waals surface area contributed by atoms with Crippen LogP contribution in [-0.2, 0) is 9.59 Å². The molecule has 0 radical (unpaired) electrons. The normalized spacial score (nSPS) is 21.2. The summed E-state index contributed by atoms with van der Waals surface area (Å²) in [5, 5.41) is 8.61. The number of amides is 1. The topological polar surface area (TPSA) is 82.3 Å². The van der Waals surface area contributed by atoms with E-state index in [1.807, 2.05) is 6.08 Å². The predicted molar refractivity (Wildman–Crippen MR) is 71.4 cm³/mol. The van der Waals surface area contributed by atoms with Gasteiger partial charge in [0.05, 0.1) is 18.7 Å². The number of hydrogen-bond donors (Lipinski definition) is 1. The van der Waals surface area contributed by atoms with Gasteiger partial charge in [-0.15, -0.1) is 0 Å². The second-order valence-electron chi connectivity index (χ2n) is 4.51. The largest absolute Gasteiger partial charge is 0.481 e. The number of carboxylic acid groups (broad SMARTS) is 1. The molecule has 19 heavy (non-hydrogen) atoms. The van der Waals surface area contributed by atoms with Crippen molar-refractivity contribution in [3.05, 3.63) is 24.3 Å². The molecule has 2 rings (SSSR count). The van der Waals surface area contributed by atoms with E-state index < -0.39 is 5.97 Å². The van der Waals surface area contributed by atoms with Crippen LogP contribution in [-0.4, -0.2) is 53.6 Å². The maximum Gasteiger partial charge on any atom is 0.304 e. The average Bonchev–Trinajstić information content (AvgIpc) is 2.36. The third-order valence-corrected chi connectivity index (χ3v) is 2.88. The van der Waals surface area contributed by atoms with Crippen LogP contribution in [0.4, 0.5) is 0 Å². The smallest absolute Gasteiger partial charge is 0.304 e. The molecule has 0 saturated carbocycles. The zero-order chi connectivity index (χ0) is 13.8. The quantitative estimate of drug-likeness (QED) is 0.782. The maximum atomic E-state index is 11.8. The lowest BCUT2D eigenvalue weighted by Crippen LogP contribution is -2.33. The molecule has 1 aliphatic heterocycles. The lowest BCUT2D eigenvalue weighted by atomic mass is 9.96. The van der Waals surface area contributed by atoms with Gasteiger partial charge in [0.15, 0.2) is 0 Å². The average molecular weight is 261 g/mol. The van der Waals surface area contributed by atoms with E-state index in [9.17, 15) is 9.59 Å². The molecule has 2 aliphatic rings. The van der Waals surface area contributed by atoms with E-state index in [0.717, 1.165) is 0 Å². The Balaban J connectivity index is 2.00. The number of likely N-dealkylation sites (N-methyl/N-ethyl adjacent to an activating group) is 1. The summed E-state index contributed by atoms with van der Waals surface area (Å²) in [4.78, 5) is 32.4. The first-order valence-electron chi connectivity index (χ1n) is 6.01. The van der Waals surface area contributed by atoms with E-state index in [1.54, 1.807) is 30.2 Å². The number of nitrogens with zero attached hydrogens (tertiary/aromatic N) is 3. The summed E-state index contributed by atoms with van der Waals surface area (Å²) in [5.74, 6) is -0.991. The van der Waals surface area contributed by atoms with Crippen LogP contribution < -0.4 is 0 Å². The number of carboxylic acids is 1. The molecule has 1 aliphatic carbocycles. The van der Waals surface area contributed by atoms with Gasteiger partial charge < -0.3 is 5.11 Å². The molecule has 0 aromatic rings. The van der Waals surface area contributed by atoms with E-state index in [-0.39, 0.29) is 18.2 Å². The molecule has 0 saturated heterocycles. The van der Waals surface area contributed by atoms with E-state index in [4.69, 9.17) is 5.11 Å². The molecule has 100 valence electrons. The summed E-state index contributed by atoms with van der Waals surface area (Å²) < 4.78 is 0. The molecule has 6 nitrogen and oxygen atoms in total. The highest BCUT2D eigenvalue weighted by Crippen LogP contribution is 2.16. The Bertz CT molecular complexity index is 517. The summed E-state index contributed by atoms with van der Waals surface area (Å²) in [7, 11) is 1.78. The molecular formula is C13H15N3O3. The molecule has 1 amide bonds. The van der Waals surface area contributed by atoms with Crippen molar-refractivity contribution < 1.29 is 14.7 Å². The van der Waals surface area contributed by atoms with Gasteiger partial charge in [-0.05, 0) is 13.1 Å². The van der Waals surface area contributed by atoms with Crippen molar-refractivity contribution in [2.24, 2.45) is 15.9 Å². The molecule has 1 unspecified atom stereocenters. The first-order chi connectivity index (χ1) is 9.06. The summed E-state index contributed by atoms with van der Waals surface area (Å²) in [6.07, 6.45) is 7.27. The standard InChI is InChI=1S/C13H15N3O3/c1-16(7-6-12(17)18)8-11-14-10-5-3-2-4-9(10)13(19)15-11/h2-5,9H,6-8H2,1H3,(H,17,18). The Morgan fingerprint density at radius 3 is 2.95 bits per heavy atom. The molecule has 1 heterocycles. The van der Waals surface area contributed by atoms with Crippen LogP contribution in [0.3, 0.4) is 0 Å². The molecular weight excluding hydrogens is 246 g/mol. The number of carbonyl (C=O) groups excluding carboxylic acids is 1. The molecule has 0 fully saturated rings. The molecule has 0 bridgehead atoms. The van der Waals surface area contributed by atoms with E-state index >= 15 is 0 Å². The Hall–Kier alpha value is -2.08. The molecule has 1 N–H and O–H groups in total. The van der Waals surface area contributed by atoms with Crippen LogP contribution >= 0.6 is 0 Å². The highest BCUT2D eigenvalue weighted by molar-refractivity contribution is 6.21. The number of aliphatic carboxylic acids is 1. The minimum absolute atomic E-state index is 0.0551. The van der Waals surface area contributed by atoms with Crippen LogP contribution in [0.25, 0.3) is 0 Å². The summed E-state index contributed by atoms with van der Waals surface area (Å²) in [6.45, 7) is 0.763. The van der Waals surface area contributed by atoms with Crippen molar-refractivity contribution in [1.29, 1.82) is 0 Å². The van der Waals surface area contributed by atoms with Crippen molar-refractivity contribution in [2.45, 2.75) is 6.42 Å². The highest BCUT2D eigenvalue weighted by atomic mass is 16.4. The monoisotopic (exact) mass is 261 g/mol. The Morgan fingerprint density at radius 1 is 1.42 bits per heavy atom. The summed E-state index contributed by atoms with van der Waals surface area (Å²) in [6, 6.07) is 0. The van der Waals surface area contributed by atoms with E-state index in [0.29, 0.717) is 24.6 Å².